The zero-order chi connectivity index (χ0) is 45.9. The number of hydrogen-bond acceptors (Lipinski definition) is 6. The molecule has 0 radical (unpaired) electrons. The van der Waals surface area contributed by atoms with Crippen molar-refractivity contribution in [2.75, 3.05) is 0 Å². The lowest BCUT2D eigenvalue weighted by atomic mass is 9.96. The lowest BCUT2D eigenvalue weighted by Crippen LogP contribution is -2.00. The predicted octanol–water partition coefficient (Wildman–Crippen LogP) is 17.9. The van der Waals surface area contributed by atoms with E-state index in [0.717, 1.165) is 66.3 Å². The van der Waals surface area contributed by atoms with Gasteiger partial charge in [-0.15, -0.1) is 22.7 Å². The highest BCUT2D eigenvalue weighted by Crippen LogP contribution is 2.45. The maximum atomic E-state index is 6.63. The molecule has 10 aromatic carbocycles. The summed E-state index contributed by atoms with van der Waals surface area (Å²) >= 11 is 3.72. The Morgan fingerprint density at radius 2 is 0.914 bits per heavy atom. The lowest BCUT2D eigenvalue weighted by molar-refractivity contribution is 0.669. The molecular formula is C63H36N4OS2. The van der Waals surface area contributed by atoms with E-state index in [4.69, 9.17) is 19.4 Å². The third-order valence-corrected chi connectivity index (χ3v) is 16.1. The fraction of sp³-hybridized carbons (Fsp3) is 0. The summed E-state index contributed by atoms with van der Waals surface area (Å²) in [7, 11) is 0. The number of hydrogen-bond donors (Lipinski definition) is 0. The molecule has 0 amide bonds. The largest absolute Gasteiger partial charge is 0.456 e. The Balaban J connectivity index is 0.869. The second kappa shape index (κ2) is 15.4. The monoisotopic (exact) mass is 928 g/mol. The van der Waals surface area contributed by atoms with Gasteiger partial charge in [0.2, 0.25) is 0 Å². The minimum Gasteiger partial charge on any atom is -0.456 e. The second-order valence-electron chi connectivity index (χ2n) is 17.9. The molecule has 0 saturated carbocycles. The van der Waals surface area contributed by atoms with Gasteiger partial charge < -0.3 is 8.98 Å². The van der Waals surface area contributed by atoms with Crippen LogP contribution in [0.5, 0.6) is 0 Å². The van der Waals surface area contributed by atoms with E-state index in [1.165, 1.54) is 62.4 Å². The predicted molar refractivity (Wildman–Crippen MR) is 294 cm³/mol. The molecule has 0 unspecified atom stereocenters. The van der Waals surface area contributed by atoms with Gasteiger partial charge in [0, 0.05) is 84.3 Å². The van der Waals surface area contributed by atoms with Gasteiger partial charge in [-0.3, -0.25) is 0 Å². The molecule has 0 aliphatic heterocycles. The van der Waals surface area contributed by atoms with Gasteiger partial charge in [-0.05, 0) is 101 Å². The molecule has 0 atom stereocenters. The molecule has 0 N–H and O–H groups in total. The Labute approximate surface area is 408 Å². The summed E-state index contributed by atoms with van der Waals surface area (Å²) in [6, 6.07) is 77.9. The molecule has 15 aromatic rings. The zero-order valence-corrected chi connectivity index (χ0v) is 38.9. The van der Waals surface area contributed by atoms with Gasteiger partial charge in [0.15, 0.2) is 17.5 Å². The van der Waals surface area contributed by atoms with Crippen molar-refractivity contribution in [1.82, 2.24) is 19.5 Å². The molecule has 0 bridgehead atoms. The van der Waals surface area contributed by atoms with Crippen LogP contribution in [0.3, 0.4) is 0 Å². The van der Waals surface area contributed by atoms with Crippen molar-refractivity contribution in [3.8, 4) is 62.1 Å². The highest BCUT2D eigenvalue weighted by atomic mass is 32.1. The summed E-state index contributed by atoms with van der Waals surface area (Å²) in [6.45, 7) is 0. The van der Waals surface area contributed by atoms with Gasteiger partial charge in [0.25, 0.3) is 0 Å². The van der Waals surface area contributed by atoms with Crippen molar-refractivity contribution >= 4 is 107 Å². The summed E-state index contributed by atoms with van der Waals surface area (Å²) in [5.74, 6) is 1.80. The number of furan rings is 1. The molecule has 326 valence electrons. The number of benzene rings is 10. The van der Waals surface area contributed by atoms with Crippen molar-refractivity contribution in [1.29, 1.82) is 0 Å². The van der Waals surface area contributed by atoms with Crippen LogP contribution in [-0.2, 0) is 0 Å². The number of nitrogens with zero attached hydrogens (tertiary/aromatic N) is 4. The summed E-state index contributed by atoms with van der Waals surface area (Å²) in [5.41, 5.74) is 12.5. The Morgan fingerprint density at radius 1 is 0.314 bits per heavy atom. The van der Waals surface area contributed by atoms with Gasteiger partial charge in [0.1, 0.15) is 11.2 Å². The highest BCUT2D eigenvalue weighted by Gasteiger charge is 2.21. The molecular weight excluding hydrogens is 893 g/mol. The Kier molecular flexibility index (Phi) is 8.63. The molecule has 7 heteroatoms. The first kappa shape index (κ1) is 39.3. The number of thiophene rings is 2. The normalized spacial score (nSPS) is 12.0. The van der Waals surface area contributed by atoms with Crippen LogP contribution in [0.1, 0.15) is 0 Å². The van der Waals surface area contributed by atoms with Crippen LogP contribution in [0.2, 0.25) is 0 Å². The van der Waals surface area contributed by atoms with Crippen molar-refractivity contribution in [3.05, 3.63) is 218 Å². The Hall–Kier alpha value is -8.75. The van der Waals surface area contributed by atoms with Crippen molar-refractivity contribution in [2.24, 2.45) is 0 Å². The van der Waals surface area contributed by atoms with Gasteiger partial charge in [-0.2, -0.15) is 0 Å². The molecule has 0 fully saturated rings. The molecule has 0 aliphatic rings. The van der Waals surface area contributed by atoms with E-state index in [-0.39, 0.29) is 0 Å². The van der Waals surface area contributed by atoms with Crippen molar-refractivity contribution in [2.45, 2.75) is 0 Å². The summed E-state index contributed by atoms with van der Waals surface area (Å²) < 4.78 is 14.1. The molecule has 5 heterocycles. The van der Waals surface area contributed by atoms with E-state index in [9.17, 15) is 0 Å². The Morgan fingerprint density at radius 3 is 1.77 bits per heavy atom. The SMILES string of the molecule is c1ccc(-c2nc(-c3ccc4c(c3)c3ccccc3n4-c3ccccc3)nc(-c3cccc4oc5ccc(-c6cccc7sc8cc(-c9ccc%10c(c9)sc9ccccc9%10)ccc8c67)cc5c34)n2)cc1. The maximum Gasteiger partial charge on any atom is 0.164 e. The van der Waals surface area contributed by atoms with E-state index < -0.39 is 0 Å². The minimum absolute atomic E-state index is 0.586. The van der Waals surface area contributed by atoms with Crippen LogP contribution in [0.25, 0.3) is 146 Å². The molecule has 15 rings (SSSR count). The zero-order valence-electron chi connectivity index (χ0n) is 37.3. The van der Waals surface area contributed by atoms with E-state index >= 15 is 0 Å². The average molecular weight is 929 g/mol. The topological polar surface area (TPSA) is 56.7 Å². The first-order valence-electron chi connectivity index (χ1n) is 23.4. The standard InChI is InChI=1S/C63H36N4OS2/c1-3-13-37(14-4-1)61-64-62(41-27-31-52-49(34-41)44-17-7-9-21-51(44)67(52)42-15-5-2-6-16-42)66-63(65-61)48-20-11-22-54-59(48)50-33-40(28-32-53(50)68-54)43-19-12-24-56-60(43)47-30-26-39(36-58(47)70-56)38-25-29-46-45-18-8-10-23-55(45)69-57(46)35-38/h1-36H. The van der Waals surface area contributed by atoms with Crippen molar-refractivity contribution in [3.63, 3.8) is 0 Å². The first-order valence-corrected chi connectivity index (χ1v) is 25.0. The second-order valence-corrected chi connectivity index (χ2v) is 20.1. The quantitative estimate of drug-likeness (QED) is 0.167. The van der Waals surface area contributed by atoms with E-state index in [2.05, 4.69) is 193 Å². The third-order valence-electron chi connectivity index (χ3n) is 13.9. The minimum atomic E-state index is 0.586. The number of aromatic nitrogens is 4. The fourth-order valence-corrected chi connectivity index (χ4v) is 13.0. The van der Waals surface area contributed by atoms with E-state index in [1.54, 1.807) is 0 Å². The van der Waals surface area contributed by atoms with E-state index in [0.29, 0.717) is 17.5 Å². The number of para-hydroxylation sites is 2. The van der Waals surface area contributed by atoms with Crippen molar-refractivity contribution < 1.29 is 4.42 Å². The van der Waals surface area contributed by atoms with Crippen LogP contribution in [0, 0.1) is 0 Å². The lowest BCUT2D eigenvalue weighted by Gasteiger charge is -2.10. The molecule has 70 heavy (non-hydrogen) atoms. The summed E-state index contributed by atoms with van der Waals surface area (Å²) in [5, 5.41) is 9.45. The maximum absolute atomic E-state index is 6.63. The third kappa shape index (κ3) is 6.12. The summed E-state index contributed by atoms with van der Waals surface area (Å²) in [4.78, 5) is 15.7. The Bertz CT molecular complexity index is 4600. The summed E-state index contributed by atoms with van der Waals surface area (Å²) in [6.07, 6.45) is 0. The highest BCUT2D eigenvalue weighted by molar-refractivity contribution is 7.26. The van der Waals surface area contributed by atoms with E-state index in [1.807, 2.05) is 53.0 Å². The van der Waals surface area contributed by atoms with Crippen LogP contribution in [0.4, 0.5) is 0 Å². The number of fused-ring (bicyclic) bond motifs is 12. The molecule has 0 spiro atoms. The molecule has 0 saturated heterocycles. The van der Waals surface area contributed by atoms with Crippen LogP contribution >= 0.6 is 22.7 Å². The first-order chi connectivity index (χ1) is 34.7. The van der Waals surface area contributed by atoms with Gasteiger partial charge in [0.05, 0.1) is 11.0 Å². The van der Waals surface area contributed by atoms with Gasteiger partial charge >= 0.3 is 0 Å². The molecule has 5 aromatic heterocycles. The smallest absolute Gasteiger partial charge is 0.164 e. The molecule has 5 nitrogen and oxygen atoms in total. The average Bonchev–Trinajstić information content (AvgIpc) is 4.19. The van der Waals surface area contributed by atoms with Crippen LogP contribution < -0.4 is 0 Å². The number of rotatable bonds is 6. The fourth-order valence-electron chi connectivity index (χ4n) is 10.6. The van der Waals surface area contributed by atoms with Gasteiger partial charge in [-0.1, -0.05) is 140 Å². The van der Waals surface area contributed by atoms with Gasteiger partial charge in [-0.25, -0.2) is 15.0 Å². The molecule has 0 aliphatic carbocycles. The van der Waals surface area contributed by atoms with Crippen LogP contribution in [-0.4, -0.2) is 19.5 Å². The van der Waals surface area contributed by atoms with Crippen LogP contribution in [0.15, 0.2) is 223 Å².